The number of piperazine rings is 1. The van der Waals surface area contributed by atoms with Crippen LogP contribution in [0.25, 0.3) is 22.8 Å². The molecule has 1 saturated heterocycles. The molecule has 1 fully saturated rings. The molecule has 4 aromatic rings. The summed E-state index contributed by atoms with van der Waals surface area (Å²) in [6, 6.07) is 15.3. The monoisotopic (exact) mass is 444 g/mol. The molecule has 9 nitrogen and oxygen atoms in total. The third-order valence-corrected chi connectivity index (χ3v) is 5.69. The fourth-order valence-corrected chi connectivity index (χ4v) is 3.83. The van der Waals surface area contributed by atoms with Crippen molar-refractivity contribution in [3.8, 4) is 22.8 Å². The van der Waals surface area contributed by atoms with Gasteiger partial charge in [-0.2, -0.15) is 9.97 Å². The highest BCUT2D eigenvalue weighted by Crippen LogP contribution is 2.20. The molecule has 0 radical (unpaired) electrons. The molecule has 5 rings (SSSR count). The number of hydrogen-bond acceptors (Lipinski definition) is 8. The van der Waals surface area contributed by atoms with E-state index < -0.39 is 0 Å². The van der Waals surface area contributed by atoms with Crippen molar-refractivity contribution in [2.24, 2.45) is 0 Å². The first-order valence-electron chi connectivity index (χ1n) is 10.9. The molecule has 1 aliphatic rings. The van der Waals surface area contributed by atoms with Gasteiger partial charge in [0, 0.05) is 49.8 Å². The van der Waals surface area contributed by atoms with Gasteiger partial charge in [-0.05, 0) is 31.2 Å². The molecule has 1 aliphatic heterocycles. The summed E-state index contributed by atoms with van der Waals surface area (Å²) in [6.45, 7) is 7.11. The van der Waals surface area contributed by atoms with E-state index in [1.165, 1.54) is 5.56 Å². The number of benzene rings is 2. The minimum Gasteiger partial charge on any atom is -0.339 e. The van der Waals surface area contributed by atoms with Gasteiger partial charge < -0.3 is 13.9 Å². The Morgan fingerprint density at radius 1 is 0.909 bits per heavy atom. The van der Waals surface area contributed by atoms with E-state index >= 15 is 0 Å². The van der Waals surface area contributed by atoms with Gasteiger partial charge in [-0.15, -0.1) is 0 Å². The lowest BCUT2D eigenvalue weighted by atomic mass is 10.1. The summed E-state index contributed by atoms with van der Waals surface area (Å²) < 4.78 is 10.5. The smallest absolute Gasteiger partial charge is 0.257 e. The summed E-state index contributed by atoms with van der Waals surface area (Å²) in [5, 5.41) is 8.06. The van der Waals surface area contributed by atoms with E-state index in [2.05, 4.69) is 25.2 Å². The van der Waals surface area contributed by atoms with Crippen molar-refractivity contribution < 1.29 is 13.8 Å². The molecule has 3 heterocycles. The molecule has 1 amide bonds. The lowest BCUT2D eigenvalue weighted by Crippen LogP contribution is -2.48. The van der Waals surface area contributed by atoms with E-state index in [0.29, 0.717) is 48.6 Å². The second-order valence-electron chi connectivity index (χ2n) is 8.17. The lowest BCUT2D eigenvalue weighted by Gasteiger charge is -2.34. The van der Waals surface area contributed by atoms with Crippen molar-refractivity contribution in [2.75, 3.05) is 26.2 Å². The molecule has 2 aromatic carbocycles. The van der Waals surface area contributed by atoms with Gasteiger partial charge in [0.15, 0.2) is 5.82 Å². The molecular formula is C24H24N6O3. The molecule has 168 valence electrons. The Morgan fingerprint density at radius 2 is 1.70 bits per heavy atom. The first-order valence-corrected chi connectivity index (χ1v) is 10.9. The van der Waals surface area contributed by atoms with Crippen molar-refractivity contribution in [1.29, 1.82) is 0 Å². The molecule has 0 spiro atoms. The van der Waals surface area contributed by atoms with Crippen LogP contribution < -0.4 is 0 Å². The van der Waals surface area contributed by atoms with E-state index in [9.17, 15) is 4.79 Å². The Bertz CT molecular complexity index is 1260. The number of nitrogens with zero attached hydrogens (tertiary/aromatic N) is 6. The summed E-state index contributed by atoms with van der Waals surface area (Å²) in [5.74, 6) is 2.14. The van der Waals surface area contributed by atoms with Gasteiger partial charge in [0.1, 0.15) is 0 Å². The average Bonchev–Trinajstić information content (AvgIpc) is 3.49. The molecule has 0 bridgehead atoms. The predicted octanol–water partition coefficient (Wildman–Crippen LogP) is 3.36. The molecule has 2 aromatic heterocycles. The first kappa shape index (κ1) is 21.0. The number of carbonyl (C=O) groups excluding carboxylic acids is 1. The molecular weight excluding hydrogens is 420 g/mol. The van der Waals surface area contributed by atoms with Crippen LogP contribution >= 0.6 is 0 Å². The summed E-state index contributed by atoms with van der Waals surface area (Å²) >= 11 is 0. The van der Waals surface area contributed by atoms with Crippen LogP contribution in [0.1, 0.15) is 27.6 Å². The van der Waals surface area contributed by atoms with E-state index in [1.54, 1.807) is 6.92 Å². The van der Waals surface area contributed by atoms with Crippen LogP contribution in [-0.2, 0) is 6.54 Å². The second kappa shape index (κ2) is 8.95. The predicted molar refractivity (Wildman–Crippen MR) is 120 cm³/mol. The van der Waals surface area contributed by atoms with Gasteiger partial charge in [-0.1, -0.05) is 40.1 Å². The zero-order valence-corrected chi connectivity index (χ0v) is 18.6. The SMILES string of the molecule is Cc1ccc(-c2nc(CN3CCN(C(=O)c4cccc(-c5noc(C)n5)c4)CC3)no2)cc1. The summed E-state index contributed by atoms with van der Waals surface area (Å²) in [6.07, 6.45) is 0. The highest BCUT2D eigenvalue weighted by Gasteiger charge is 2.24. The van der Waals surface area contributed by atoms with Crippen LogP contribution in [0.3, 0.4) is 0 Å². The molecule has 0 unspecified atom stereocenters. The zero-order valence-electron chi connectivity index (χ0n) is 18.6. The fourth-order valence-electron chi connectivity index (χ4n) is 3.83. The van der Waals surface area contributed by atoms with Crippen LogP contribution in [0.4, 0.5) is 0 Å². The molecule has 0 aliphatic carbocycles. The number of hydrogen-bond donors (Lipinski definition) is 0. The van der Waals surface area contributed by atoms with Crippen LogP contribution in [0, 0.1) is 13.8 Å². The maximum Gasteiger partial charge on any atom is 0.257 e. The number of aromatic nitrogens is 4. The van der Waals surface area contributed by atoms with Gasteiger partial charge >= 0.3 is 0 Å². The third-order valence-electron chi connectivity index (χ3n) is 5.69. The average molecular weight is 444 g/mol. The van der Waals surface area contributed by atoms with Gasteiger partial charge in [0.2, 0.25) is 11.7 Å². The van der Waals surface area contributed by atoms with E-state index in [1.807, 2.05) is 60.4 Å². The number of amides is 1. The largest absolute Gasteiger partial charge is 0.339 e. The van der Waals surface area contributed by atoms with E-state index in [4.69, 9.17) is 9.05 Å². The van der Waals surface area contributed by atoms with Crippen molar-refractivity contribution in [1.82, 2.24) is 30.1 Å². The quantitative estimate of drug-likeness (QED) is 0.462. The Kier molecular flexibility index (Phi) is 5.70. The highest BCUT2D eigenvalue weighted by atomic mass is 16.5. The van der Waals surface area contributed by atoms with Crippen molar-refractivity contribution in [3.63, 3.8) is 0 Å². The number of carbonyl (C=O) groups is 1. The summed E-state index contributed by atoms with van der Waals surface area (Å²) in [4.78, 5) is 25.9. The van der Waals surface area contributed by atoms with Crippen molar-refractivity contribution >= 4 is 5.91 Å². The van der Waals surface area contributed by atoms with Gasteiger partial charge in [0.25, 0.3) is 11.8 Å². The molecule has 0 N–H and O–H groups in total. The molecule has 33 heavy (non-hydrogen) atoms. The van der Waals surface area contributed by atoms with Crippen LogP contribution in [0.15, 0.2) is 57.6 Å². The Hall–Kier alpha value is -3.85. The Morgan fingerprint density at radius 3 is 2.42 bits per heavy atom. The molecule has 0 atom stereocenters. The van der Waals surface area contributed by atoms with Gasteiger partial charge in [-0.3, -0.25) is 9.69 Å². The van der Waals surface area contributed by atoms with Crippen molar-refractivity contribution in [2.45, 2.75) is 20.4 Å². The summed E-state index contributed by atoms with van der Waals surface area (Å²) in [5.41, 5.74) is 3.47. The molecule has 9 heteroatoms. The van der Waals surface area contributed by atoms with Crippen LogP contribution in [0.2, 0.25) is 0 Å². The third kappa shape index (κ3) is 4.68. The standard InChI is InChI=1S/C24H24N6O3/c1-16-6-8-18(9-7-16)23-26-21(27-33-23)15-29-10-12-30(13-11-29)24(31)20-5-3-4-19(14-20)22-25-17(2)32-28-22/h3-9,14H,10-13,15H2,1-2H3. The Balaban J connectivity index is 1.18. The van der Waals surface area contributed by atoms with Crippen LogP contribution in [0.5, 0.6) is 0 Å². The van der Waals surface area contributed by atoms with Gasteiger partial charge in [0.05, 0.1) is 6.54 Å². The van der Waals surface area contributed by atoms with Crippen LogP contribution in [-0.4, -0.2) is 62.2 Å². The Labute approximate surface area is 191 Å². The van der Waals surface area contributed by atoms with E-state index in [-0.39, 0.29) is 5.91 Å². The number of aryl methyl sites for hydroxylation is 2. The fraction of sp³-hybridized carbons (Fsp3) is 0.292. The molecule has 0 saturated carbocycles. The zero-order chi connectivity index (χ0) is 22.8. The minimum atomic E-state index is -0.00191. The maximum absolute atomic E-state index is 13.0. The second-order valence-corrected chi connectivity index (χ2v) is 8.17. The van der Waals surface area contributed by atoms with Crippen molar-refractivity contribution in [3.05, 3.63) is 71.4 Å². The first-order chi connectivity index (χ1) is 16.0. The summed E-state index contributed by atoms with van der Waals surface area (Å²) in [7, 11) is 0. The number of rotatable bonds is 5. The maximum atomic E-state index is 13.0. The van der Waals surface area contributed by atoms with Gasteiger partial charge in [-0.25, -0.2) is 0 Å². The highest BCUT2D eigenvalue weighted by molar-refractivity contribution is 5.95. The minimum absolute atomic E-state index is 0.00191. The topological polar surface area (TPSA) is 101 Å². The van der Waals surface area contributed by atoms with E-state index in [0.717, 1.165) is 24.2 Å². The normalized spacial score (nSPS) is 14.5. The lowest BCUT2D eigenvalue weighted by molar-refractivity contribution is 0.0624.